The molecule has 1 atom stereocenters. The molecule has 8 heteroatoms. The molecule has 0 spiro atoms. The predicted octanol–water partition coefficient (Wildman–Crippen LogP) is 5.51. The van der Waals surface area contributed by atoms with Crippen molar-refractivity contribution >= 4 is 69.0 Å². The van der Waals surface area contributed by atoms with Crippen LogP contribution in [0.3, 0.4) is 0 Å². The van der Waals surface area contributed by atoms with Gasteiger partial charge in [0, 0.05) is 20.8 Å². The van der Waals surface area contributed by atoms with Crippen LogP contribution in [-0.4, -0.2) is 39.3 Å². The molecule has 5 nitrogen and oxygen atoms in total. The van der Waals surface area contributed by atoms with E-state index >= 15 is 0 Å². The lowest BCUT2D eigenvalue weighted by atomic mass is 10.1. The van der Waals surface area contributed by atoms with Gasteiger partial charge < -0.3 is 10.2 Å². The molecule has 0 aromatic heterocycles. The summed E-state index contributed by atoms with van der Waals surface area (Å²) in [5.41, 5.74) is 2.77. The maximum absolute atomic E-state index is 13.4. The average molecular weight is 604 g/mol. The summed E-state index contributed by atoms with van der Waals surface area (Å²) >= 11 is 13.9. The fourth-order valence-electron chi connectivity index (χ4n) is 3.88. The average Bonchev–Trinajstić information content (AvgIpc) is 3.04. The lowest BCUT2D eigenvalue weighted by Crippen LogP contribution is -2.39. The summed E-state index contributed by atoms with van der Waals surface area (Å²) in [4.78, 5) is 29.8. The highest BCUT2D eigenvalue weighted by Gasteiger charge is 2.43. The summed E-state index contributed by atoms with van der Waals surface area (Å²) in [6.45, 7) is 0.907. The van der Waals surface area contributed by atoms with Crippen LogP contribution in [0.15, 0.2) is 78.9 Å². The van der Waals surface area contributed by atoms with E-state index in [0.29, 0.717) is 35.3 Å². The second kappa shape index (κ2) is 11.3. The molecular weight excluding hydrogens is 581 g/mol. The van der Waals surface area contributed by atoms with Gasteiger partial charge in [-0.15, -0.1) is 0 Å². The first-order valence-corrected chi connectivity index (χ1v) is 12.7. The minimum atomic E-state index is -0.646. The zero-order chi connectivity index (χ0) is 24.1. The van der Waals surface area contributed by atoms with Crippen LogP contribution >= 0.6 is 46.4 Å². The van der Waals surface area contributed by atoms with Crippen molar-refractivity contribution in [3.05, 3.63) is 98.6 Å². The van der Waals surface area contributed by atoms with Crippen LogP contribution in [0.4, 0.5) is 5.69 Å². The number of halogens is 2. The molecule has 174 valence electrons. The smallest absolute Gasteiger partial charge is 0.252 e. The Kier molecular flexibility index (Phi) is 8.18. The lowest BCUT2D eigenvalue weighted by molar-refractivity contribution is -0.131. The fraction of sp³-hybridized carbons (Fsp3) is 0.192. The second-order valence-electron chi connectivity index (χ2n) is 8.04. The minimum Gasteiger partial charge on any atom is -0.336 e. The molecule has 0 radical (unpaired) electrons. The van der Waals surface area contributed by atoms with E-state index in [4.69, 9.17) is 23.8 Å². The summed E-state index contributed by atoms with van der Waals surface area (Å²) in [5, 5.41) is 4.03. The maximum atomic E-state index is 13.4. The molecule has 3 aromatic carbocycles. The molecule has 0 bridgehead atoms. The molecule has 1 heterocycles. The van der Waals surface area contributed by atoms with E-state index in [9.17, 15) is 9.59 Å². The molecule has 4 rings (SSSR count). The largest absolute Gasteiger partial charge is 0.336 e. The number of amides is 2. The SMILES string of the molecule is O=C(CC1C(=O)N(Cc2ccccc2)C(=S)N1CCc1ccc(Cl)cc1)Nc1ccc(I)cc1. The number of thiocarbonyl (C=S) groups is 1. The van der Waals surface area contributed by atoms with Gasteiger partial charge in [-0.2, -0.15) is 0 Å². The normalized spacial score (nSPS) is 15.6. The topological polar surface area (TPSA) is 52.7 Å². The van der Waals surface area contributed by atoms with Gasteiger partial charge in [0.15, 0.2) is 5.11 Å². The number of rotatable bonds is 8. The Balaban J connectivity index is 1.50. The minimum absolute atomic E-state index is 0.0247. The quantitative estimate of drug-likeness (QED) is 0.273. The van der Waals surface area contributed by atoms with E-state index in [-0.39, 0.29) is 18.2 Å². The molecule has 1 saturated heterocycles. The summed E-state index contributed by atoms with van der Waals surface area (Å²) in [5.74, 6) is -0.372. The third kappa shape index (κ3) is 6.14. The second-order valence-corrected chi connectivity index (χ2v) is 10.1. The highest BCUT2D eigenvalue weighted by molar-refractivity contribution is 14.1. The van der Waals surface area contributed by atoms with Crippen molar-refractivity contribution in [3.8, 4) is 0 Å². The summed E-state index contributed by atoms with van der Waals surface area (Å²) in [6.07, 6.45) is 0.704. The van der Waals surface area contributed by atoms with E-state index in [0.717, 1.165) is 14.7 Å². The first kappa shape index (κ1) is 24.6. The Hall–Kier alpha value is -2.49. The van der Waals surface area contributed by atoms with Gasteiger partial charge in [0.25, 0.3) is 5.91 Å². The molecule has 3 aromatic rings. The van der Waals surface area contributed by atoms with Crippen LogP contribution in [0.25, 0.3) is 0 Å². The summed E-state index contributed by atoms with van der Waals surface area (Å²) in [6, 6.07) is 24.2. The Morgan fingerprint density at radius 3 is 2.32 bits per heavy atom. The monoisotopic (exact) mass is 603 g/mol. The van der Waals surface area contributed by atoms with Crippen LogP contribution in [0.1, 0.15) is 17.5 Å². The van der Waals surface area contributed by atoms with Crippen molar-refractivity contribution in [2.45, 2.75) is 25.4 Å². The van der Waals surface area contributed by atoms with Gasteiger partial charge in [-0.3, -0.25) is 14.5 Å². The lowest BCUT2D eigenvalue weighted by Gasteiger charge is -2.24. The van der Waals surface area contributed by atoms with E-state index in [2.05, 4.69) is 27.9 Å². The molecule has 1 fully saturated rings. The van der Waals surface area contributed by atoms with Crippen molar-refractivity contribution in [1.82, 2.24) is 9.80 Å². The number of hydrogen-bond acceptors (Lipinski definition) is 3. The van der Waals surface area contributed by atoms with E-state index in [1.165, 1.54) is 0 Å². The van der Waals surface area contributed by atoms with Crippen LogP contribution in [-0.2, 0) is 22.6 Å². The van der Waals surface area contributed by atoms with Crippen molar-refractivity contribution in [2.75, 3.05) is 11.9 Å². The molecule has 0 saturated carbocycles. The Morgan fingerprint density at radius 1 is 0.971 bits per heavy atom. The van der Waals surface area contributed by atoms with Crippen LogP contribution in [0.5, 0.6) is 0 Å². The van der Waals surface area contributed by atoms with Gasteiger partial charge >= 0.3 is 0 Å². The number of hydrogen-bond donors (Lipinski definition) is 1. The molecule has 1 aliphatic heterocycles. The summed E-state index contributed by atoms with van der Waals surface area (Å²) in [7, 11) is 0. The number of benzene rings is 3. The first-order chi connectivity index (χ1) is 16.4. The Bertz CT molecular complexity index is 1170. The standard InChI is InChI=1S/C26H23ClIN3O2S/c27-20-8-6-18(7-9-20)14-15-30-23(16-24(32)29-22-12-10-21(28)11-13-22)25(33)31(26(30)34)17-19-4-2-1-3-5-19/h1-13,23H,14-17H2,(H,29,32). The van der Waals surface area contributed by atoms with Gasteiger partial charge in [0.2, 0.25) is 5.91 Å². The molecular formula is C26H23ClIN3O2S. The molecule has 1 N–H and O–H groups in total. The van der Waals surface area contributed by atoms with Crippen molar-refractivity contribution in [3.63, 3.8) is 0 Å². The van der Waals surface area contributed by atoms with E-state index in [1.54, 1.807) is 4.90 Å². The van der Waals surface area contributed by atoms with Crippen molar-refractivity contribution < 1.29 is 9.59 Å². The van der Waals surface area contributed by atoms with Crippen molar-refractivity contribution in [2.24, 2.45) is 0 Å². The molecule has 1 aliphatic rings. The number of nitrogens with zero attached hydrogens (tertiary/aromatic N) is 2. The number of carbonyl (C=O) groups is 2. The predicted molar refractivity (Wildman–Crippen MR) is 148 cm³/mol. The number of anilines is 1. The van der Waals surface area contributed by atoms with E-state index in [1.807, 2.05) is 83.8 Å². The summed E-state index contributed by atoms with van der Waals surface area (Å²) < 4.78 is 1.08. The maximum Gasteiger partial charge on any atom is 0.252 e. The van der Waals surface area contributed by atoms with Crippen molar-refractivity contribution in [1.29, 1.82) is 0 Å². The van der Waals surface area contributed by atoms with Crippen LogP contribution < -0.4 is 5.32 Å². The van der Waals surface area contributed by atoms with Crippen LogP contribution in [0.2, 0.25) is 5.02 Å². The molecule has 2 amide bonds. The molecule has 1 unspecified atom stereocenters. The molecule has 34 heavy (non-hydrogen) atoms. The highest BCUT2D eigenvalue weighted by atomic mass is 127. The van der Waals surface area contributed by atoms with Gasteiger partial charge in [-0.1, -0.05) is 54.1 Å². The van der Waals surface area contributed by atoms with Gasteiger partial charge in [-0.05, 0) is 88.8 Å². The van der Waals surface area contributed by atoms with Gasteiger partial charge in [-0.25, -0.2) is 0 Å². The number of carbonyl (C=O) groups excluding carboxylic acids is 2. The third-order valence-electron chi connectivity index (χ3n) is 5.65. The first-order valence-electron chi connectivity index (χ1n) is 10.9. The molecule has 0 aliphatic carbocycles. The Morgan fingerprint density at radius 2 is 1.65 bits per heavy atom. The third-order valence-corrected chi connectivity index (χ3v) is 7.07. The van der Waals surface area contributed by atoms with E-state index < -0.39 is 6.04 Å². The zero-order valence-electron chi connectivity index (χ0n) is 18.3. The van der Waals surface area contributed by atoms with Gasteiger partial charge in [0.1, 0.15) is 6.04 Å². The zero-order valence-corrected chi connectivity index (χ0v) is 22.0. The highest BCUT2D eigenvalue weighted by Crippen LogP contribution is 2.24. The van der Waals surface area contributed by atoms with Gasteiger partial charge in [0.05, 0.1) is 13.0 Å². The fourth-order valence-corrected chi connectivity index (χ4v) is 4.74. The Labute approximate surface area is 223 Å². The van der Waals surface area contributed by atoms with Crippen LogP contribution in [0, 0.1) is 3.57 Å². The number of nitrogens with one attached hydrogen (secondary N) is 1.